The second-order valence-electron chi connectivity index (χ2n) is 4.16. The third-order valence-corrected chi connectivity index (χ3v) is 5.92. The highest BCUT2D eigenvalue weighted by atomic mass is 79.9. The topological polar surface area (TPSA) is 37.4 Å². The molecule has 0 fully saturated rings. The standard InChI is InChI=1S/C13H14BrNO2S/c1-15(18(16,17)10-14)9-11-6-7-12-4-2-3-5-13(12)8-11/h2-8H,9-10H2,1H3. The molecule has 0 radical (unpaired) electrons. The van der Waals surface area contributed by atoms with Gasteiger partial charge < -0.3 is 0 Å². The van der Waals surface area contributed by atoms with Crippen LogP contribution in [0.4, 0.5) is 0 Å². The fourth-order valence-corrected chi connectivity index (χ4v) is 3.34. The zero-order valence-electron chi connectivity index (χ0n) is 10.0. The fourth-order valence-electron chi connectivity index (χ4n) is 1.78. The molecule has 18 heavy (non-hydrogen) atoms. The summed E-state index contributed by atoms with van der Waals surface area (Å²) in [5.74, 6) is 0. The van der Waals surface area contributed by atoms with Crippen molar-refractivity contribution in [2.75, 3.05) is 11.7 Å². The van der Waals surface area contributed by atoms with Crippen molar-refractivity contribution in [1.82, 2.24) is 4.31 Å². The Bertz CT molecular complexity index is 655. The van der Waals surface area contributed by atoms with Crippen molar-refractivity contribution in [3.05, 3.63) is 48.0 Å². The predicted molar refractivity (Wildman–Crippen MR) is 78.1 cm³/mol. The summed E-state index contributed by atoms with van der Waals surface area (Å²) in [7, 11) is -1.61. The van der Waals surface area contributed by atoms with Crippen molar-refractivity contribution in [2.45, 2.75) is 6.54 Å². The first kappa shape index (κ1) is 13.5. The van der Waals surface area contributed by atoms with Crippen LogP contribution in [0.2, 0.25) is 0 Å². The normalized spacial score (nSPS) is 12.2. The molecule has 96 valence electrons. The van der Waals surface area contributed by atoms with Crippen molar-refractivity contribution in [3.63, 3.8) is 0 Å². The van der Waals surface area contributed by atoms with Gasteiger partial charge in [0.25, 0.3) is 0 Å². The molecule has 0 aliphatic heterocycles. The molecule has 0 heterocycles. The first-order valence-corrected chi connectivity index (χ1v) is 8.23. The molecular formula is C13H14BrNO2S. The smallest absolute Gasteiger partial charge is 0.211 e. The second kappa shape index (κ2) is 5.38. The highest BCUT2D eigenvalue weighted by Gasteiger charge is 2.15. The van der Waals surface area contributed by atoms with E-state index in [9.17, 15) is 8.42 Å². The highest BCUT2D eigenvalue weighted by molar-refractivity contribution is 9.10. The van der Waals surface area contributed by atoms with Gasteiger partial charge in [-0.3, -0.25) is 0 Å². The molecule has 0 aliphatic rings. The molecule has 0 atom stereocenters. The molecule has 2 aromatic rings. The number of sulfonamides is 1. The van der Waals surface area contributed by atoms with Gasteiger partial charge in [-0.05, 0) is 22.4 Å². The molecule has 2 aromatic carbocycles. The van der Waals surface area contributed by atoms with Crippen LogP contribution in [0.3, 0.4) is 0 Å². The molecule has 0 saturated carbocycles. The van der Waals surface area contributed by atoms with Crippen LogP contribution in [-0.2, 0) is 16.6 Å². The number of hydrogen-bond donors (Lipinski definition) is 0. The Labute approximate surface area is 116 Å². The number of hydrogen-bond acceptors (Lipinski definition) is 2. The van der Waals surface area contributed by atoms with E-state index in [1.54, 1.807) is 7.05 Å². The summed E-state index contributed by atoms with van der Waals surface area (Å²) < 4.78 is 24.6. The lowest BCUT2D eigenvalue weighted by Crippen LogP contribution is -2.26. The minimum Gasteiger partial charge on any atom is -0.211 e. The van der Waals surface area contributed by atoms with Crippen LogP contribution in [0, 0.1) is 0 Å². The maximum atomic E-state index is 11.6. The number of benzene rings is 2. The number of alkyl halides is 1. The van der Waals surface area contributed by atoms with Gasteiger partial charge in [0, 0.05) is 13.6 Å². The Morgan fingerprint density at radius 2 is 1.78 bits per heavy atom. The summed E-state index contributed by atoms with van der Waals surface area (Å²) in [6.07, 6.45) is 0. The summed E-state index contributed by atoms with van der Waals surface area (Å²) in [6.45, 7) is 0.388. The van der Waals surface area contributed by atoms with E-state index in [1.807, 2.05) is 42.5 Å². The SMILES string of the molecule is CN(Cc1ccc2ccccc2c1)S(=O)(=O)CBr. The molecule has 0 aromatic heterocycles. The van der Waals surface area contributed by atoms with E-state index in [0.29, 0.717) is 6.54 Å². The summed E-state index contributed by atoms with van der Waals surface area (Å²) in [5, 5.41) is 2.28. The Kier molecular flexibility index (Phi) is 4.04. The molecule has 2 rings (SSSR count). The van der Waals surface area contributed by atoms with Crippen molar-refractivity contribution in [1.29, 1.82) is 0 Å². The third-order valence-electron chi connectivity index (χ3n) is 2.83. The van der Waals surface area contributed by atoms with Gasteiger partial charge in [-0.25, -0.2) is 8.42 Å². The zero-order chi connectivity index (χ0) is 13.2. The molecule has 3 nitrogen and oxygen atoms in total. The van der Waals surface area contributed by atoms with Crippen LogP contribution in [0.15, 0.2) is 42.5 Å². The Morgan fingerprint density at radius 1 is 1.11 bits per heavy atom. The van der Waals surface area contributed by atoms with E-state index in [-0.39, 0.29) is 4.66 Å². The van der Waals surface area contributed by atoms with Gasteiger partial charge in [0.05, 0.1) is 0 Å². The van der Waals surface area contributed by atoms with Crippen LogP contribution in [0.5, 0.6) is 0 Å². The number of halogens is 1. The lowest BCUT2D eigenvalue weighted by atomic mass is 10.1. The van der Waals surface area contributed by atoms with E-state index in [2.05, 4.69) is 15.9 Å². The van der Waals surface area contributed by atoms with Gasteiger partial charge >= 0.3 is 0 Å². The molecule has 0 bridgehead atoms. The molecule has 0 N–H and O–H groups in total. The van der Waals surface area contributed by atoms with E-state index in [4.69, 9.17) is 0 Å². The van der Waals surface area contributed by atoms with Gasteiger partial charge in [-0.2, -0.15) is 4.31 Å². The maximum absolute atomic E-state index is 11.6. The van der Waals surface area contributed by atoms with Gasteiger partial charge in [0.2, 0.25) is 10.0 Å². The number of rotatable bonds is 4. The first-order chi connectivity index (χ1) is 8.53. The van der Waals surface area contributed by atoms with Gasteiger partial charge in [-0.15, -0.1) is 0 Å². The van der Waals surface area contributed by atoms with Crippen molar-refractivity contribution >= 4 is 36.7 Å². The Hall–Kier alpha value is -0.910. The monoisotopic (exact) mass is 327 g/mol. The minimum atomic E-state index is -3.20. The van der Waals surface area contributed by atoms with E-state index in [1.165, 1.54) is 4.31 Å². The molecular weight excluding hydrogens is 314 g/mol. The largest absolute Gasteiger partial charge is 0.224 e. The second-order valence-corrected chi connectivity index (χ2v) is 7.54. The summed E-state index contributed by atoms with van der Waals surface area (Å²) in [5.41, 5.74) is 0.987. The highest BCUT2D eigenvalue weighted by Crippen LogP contribution is 2.17. The average Bonchev–Trinajstić information content (AvgIpc) is 2.38. The fraction of sp³-hybridized carbons (Fsp3) is 0.231. The van der Waals surface area contributed by atoms with Crippen LogP contribution in [0.25, 0.3) is 10.8 Å². The van der Waals surface area contributed by atoms with Crippen LogP contribution in [-0.4, -0.2) is 24.4 Å². The van der Waals surface area contributed by atoms with E-state index in [0.717, 1.165) is 16.3 Å². The maximum Gasteiger partial charge on any atom is 0.224 e. The van der Waals surface area contributed by atoms with Gasteiger partial charge in [-0.1, -0.05) is 52.3 Å². The predicted octanol–water partition coefficient (Wildman–Crippen LogP) is 2.95. The zero-order valence-corrected chi connectivity index (χ0v) is 12.4. The van der Waals surface area contributed by atoms with Crippen LogP contribution >= 0.6 is 15.9 Å². The molecule has 5 heteroatoms. The van der Waals surface area contributed by atoms with E-state index >= 15 is 0 Å². The lowest BCUT2D eigenvalue weighted by Gasteiger charge is -2.15. The summed E-state index contributed by atoms with van der Waals surface area (Å²) >= 11 is 3.00. The first-order valence-electron chi connectivity index (χ1n) is 5.50. The average molecular weight is 328 g/mol. The van der Waals surface area contributed by atoms with Gasteiger partial charge in [0.1, 0.15) is 4.66 Å². The molecule has 0 spiro atoms. The Balaban J connectivity index is 2.27. The molecule has 0 saturated heterocycles. The summed E-state index contributed by atoms with van der Waals surface area (Å²) in [6, 6.07) is 14.0. The van der Waals surface area contributed by atoms with Gasteiger partial charge in [0.15, 0.2) is 0 Å². The number of nitrogens with zero attached hydrogens (tertiary/aromatic N) is 1. The van der Waals surface area contributed by atoms with Crippen molar-refractivity contribution < 1.29 is 8.42 Å². The minimum absolute atomic E-state index is 0.0515. The Morgan fingerprint density at radius 3 is 2.44 bits per heavy atom. The van der Waals surface area contributed by atoms with Crippen LogP contribution < -0.4 is 0 Å². The van der Waals surface area contributed by atoms with Crippen molar-refractivity contribution in [2.24, 2.45) is 0 Å². The molecule has 0 amide bonds. The quantitative estimate of drug-likeness (QED) is 0.809. The lowest BCUT2D eigenvalue weighted by molar-refractivity contribution is 0.471. The van der Waals surface area contributed by atoms with Crippen molar-refractivity contribution in [3.8, 4) is 0 Å². The molecule has 0 aliphatic carbocycles. The molecule has 0 unspecified atom stereocenters. The van der Waals surface area contributed by atoms with Crippen LogP contribution in [0.1, 0.15) is 5.56 Å². The third kappa shape index (κ3) is 2.91. The number of fused-ring (bicyclic) bond motifs is 1. The van der Waals surface area contributed by atoms with E-state index < -0.39 is 10.0 Å². The summed E-state index contributed by atoms with van der Waals surface area (Å²) in [4.78, 5) is 0.